The zero-order valence-corrected chi connectivity index (χ0v) is 14.2. The van der Waals surface area contributed by atoms with Gasteiger partial charge in [0.15, 0.2) is 0 Å². The molecule has 0 saturated carbocycles. The molecule has 1 aromatic carbocycles. The van der Waals surface area contributed by atoms with Gasteiger partial charge < -0.3 is 10.3 Å². The number of nitrogens with one attached hydrogen (secondary N) is 2. The Hall–Kier alpha value is -3.68. The van der Waals surface area contributed by atoms with Crippen molar-refractivity contribution in [1.29, 1.82) is 0 Å². The van der Waals surface area contributed by atoms with E-state index in [1.54, 1.807) is 18.6 Å². The summed E-state index contributed by atoms with van der Waals surface area (Å²) in [5.74, 6) is 1.12. The number of aromatic nitrogens is 4. The summed E-state index contributed by atoms with van der Waals surface area (Å²) in [5, 5.41) is 3.26. The van der Waals surface area contributed by atoms with E-state index in [1.165, 1.54) is 12.1 Å². The van der Waals surface area contributed by atoms with E-state index in [0.717, 1.165) is 34.6 Å². The molecule has 3 aromatic heterocycles. The molecule has 0 saturated heterocycles. The Bertz CT molecular complexity index is 1120. The minimum absolute atomic E-state index is 0.484. The van der Waals surface area contributed by atoms with Crippen LogP contribution in [0.3, 0.4) is 0 Å². The quantitative estimate of drug-likeness (QED) is 0.416. The Balaban J connectivity index is 1.69. The number of aromatic amines is 1. The molecule has 0 bridgehead atoms. The predicted octanol–water partition coefficient (Wildman–Crippen LogP) is 5.28. The first-order valence-electron chi connectivity index (χ1n) is 8.45. The Labute approximate surface area is 157 Å². The van der Waals surface area contributed by atoms with Gasteiger partial charge in [0.2, 0.25) is 0 Å². The Morgan fingerprint density at radius 3 is 2.50 bits per heavy atom. The molecular weight excluding hydrogens is 367 g/mol. The molecule has 5 nitrogen and oxygen atoms in total. The fraction of sp³-hybridized carbons (Fsp3) is 0.0500. The third-order valence-electron chi connectivity index (χ3n) is 4.60. The largest absolute Gasteiger partial charge is 0.416 e. The monoisotopic (exact) mass is 379 g/mol. The summed E-state index contributed by atoms with van der Waals surface area (Å²) in [6.45, 7) is 0. The van der Waals surface area contributed by atoms with Crippen molar-refractivity contribution in [3.8, 4) is 33.9 Å². The van der Waals surface area contributed by atoms with E-state index >= 15 is 0 Å². The second-order valence-corrected chi connectivity index (χ2v) is 6.33. The van der Waals surface area contributed by atoms with Crippen LogP contribution in [0.4, 0.5) is 24.7 Å². The number of imidazole rings is 1. The van der Waals surface area contributed by atoms with E-state index in [-0.39, 0.29) is 0 Å². The van der Waals surface area contributed by atoms with Crippen LogP contribution in [-0.4, -0.2) is 19.9 Å². The Morgan fingerprint density at radius 2 is 1.71 bits per heavy atom. The number of benzene rings is 1. The lowest BCUT2D eigenvalue weighted by atomic mass is 10.1. The normalized spacial score (nSPS) is 12.4. The molecule has 0 radical (unpaired) electrons. The zero-order valence-electron chi connectivity index (χ0n) is 14.2. The molecule has 0 fully saturated rings. The molecule has 2 N–H and O–H groups in total. The van der Waals surface area contributed by atoms with Crippen LogP contribution in [0.2, 0.25) is 0 Å². The van der Waals surface area contributed by atoms with E-state index < -0.39 is 11.7 Å². The Morgan fingerprint density at radius 1 is 0.893 bits per heavy atom. The van der Waals surface area contributed by atoms with Gasteiger partial charge in [-0.1, -0.05) is 12.1 Å². The Kier molecular flexibility index (Phi) is 3.48. The predicted molar refractivity (Wildman–Crippen MR) is 98.8 cm³/mol. The van der Waals surface area contributed by atoms with E-state index in [1.807, 2.05) is 18.2 Å². The molecule has 0 unspecified atom stereocenters. The average molecular weight is 379 g/mol. The molecule has 0 spiro atoms. The molecule has 5 rings (SSSR count). The average Bonchev–Trinajstić information content (AvgIpc) is 3.08. The number of hydrogen-bond acceptors (Lipinski definition) is 4. The second-order valence-electron chi connectivity index (χ2n) is 6.33. The summed E-state index contributed by atoms with van der Waals surface area (Å²) in [5.41, 5.74) is 3.72. The summed E-state index contributed by atoms with van der Waals surface area (Å²) >= 11 is 0. The summed E-state index contributed by atoms with van der Waals surface area (Å²) in [6, 6.07) is 10.5. The highest BCUT2D eigenvalue weighted by Gasteiger charge is 2.30. The van der Waals surface area contributed by atoms with Crippen LogP contribution >= 0.6 is 0 Å². The minimum Gasteiger partial charge on any atom is -0.338 e. The van der Waals surface area contributed by atoms with Crippen molar-refractivity contribution in [2.45, 2.75) is 6.18 Å². The number of fused-ring (bicyclic) bond motifs is 5. The number of alkyl halides is 3. The lowest BCUT2D eigenvalue weighted by Crippen LogP contribution is -2.04. The van der Waals surface area contributed by atoms with Crippen LogP contribution in [0.1, 0.15) is 5.56 Å². The van der Waals surface area contributed by atoms with Crippen molar-refractivity contribution in [3.63, 3.8) is 0 Å². The molecule has 1 aliphatic rings. The number of halogens is 3. The first-order valence-corrected chi connectivity index (χ1v) is 8.45. The highest BCUT2D eigenvalue weighted by Crippen LogP contribution is 2.42. The van der Waals surface area contributed by atoms with Gasteiger partial charge >= 0.3 is 6.18 Å². The highest BCUT2D eigenvalue weighted by atomic mass is 19.4. The number of H-pyrrole nitrogens is 1. The first kappa shape index (κ1) is 16.5. The molecule has 28 heavy (non-hydrogen) atoms. The van der Waals surface area contributed by atoms with Crippen molar-refractivity contribution in [1.82, 2.24) is 19.9 Å². The van der Waals surface area contributed by atoms with Crippen molar-refractivity contribution in [2.75, 3.05) is 5.32 Å². The van der Waals surface area contributed by atoms with Gasteiger partial charge in [-0.3, -0.25) is 4.98 Å². The van der Waals surface area contributed by atoms with Gasteiger partial charge in [0.05, 0.1) is 23.1 Å². The first-order chi connectivity index (χ1) is 13.5. The number of hydrogen-bond donors (Lipinski definition) is 2. The van der Waals surface area contributed by atoms with Crippen LogP contribution in [0.15, 0.2) is 61.1 Å². The molecule has 1 aliphatic heterocycles. The molecule has 4 aromatic rings. The molecule has 8 heteroatoms. The van der Waals surface area contributed by atoms with E-state index in [4.69, 9.17) is 0 Å². The zero-order chi connectivity index (χ0) is 19.3. The molecule has 0 amide bonds. The van der Waals surface area contributed by atoms with Gasteiger partial charge in [-0.15, -0.1) is 0 Å². The highest BCUT2D eigenvalue weighted by molar-refractivity contribution is 5.95. The van der Waals surface area contributed by atoms with Crippen LogP contribution in [0.5, 0.6) is 0 Å². The number of anilines is 2. The number of pyridine rings is 2. The maximum atomic E-state index is 12.8. The summed E-state index contributed by atoms with van der Waals surface area (Å²) in [4.78, 5) is 16.5. The van der Waals surface area contributed by atoms with E-state index in [2.05, 4.69) is 25.3 Å². The standard InChI is InChI=1S/C20H12F3N5/c21-20(22,23)12-5-3-11(4-6-12)18-27-16-13-7-9-24-10-15(13)26-19-14(17(16)28-18)2-1-8-25-19/h1-10H,(H,25,26)(H,27,28). The van der Waals surface area contributed by atoms with Crippen LogP contribution in [0, 0.1) is 0 Å². The van der Waals surface area contributed by atoms with Gasteiger partial charge in [0, 0.05) is 29.1 Å². The van der Waals surface area contributed by atoms with Crippen LogP contribution in [0.25, 0.3) is 33.9 Å². The number of rotatable bonds is 1. The fourth-order valence-electron chi connectivity index (χ4n) is 3.25. The second kappa shape index (κ2) is 5.91. The van der Waals surface area contributed by atoms with E-state index in [9.17, 15) is 13.2 Å². The third-order valence-corrected chi connectivity index (χ3v) is 4.60. The molecule has 0 aliphatic carbocycles. The fourth-order valence-corrected chi connectivity index (χ4v) is 3.25. The molecular formula is C20H12F3N5. The van der Waals surface area contributed by atoms with Gasteiger partial charge in [0.1, 0.15) is 17.3 Å². The molecule has 4 heterocycles. The maximum Gasteiger partial charge on any atom is 0.416 e. The van der Waals surface area contributed by atoms with Crippen LogP contribution < -0.4 is 5.32 Å². The van der Waals surface area contributed by atoms with Crippen molar-refractivity contribution < 1.29 is 13.2 Å². The summed E-state index contributed by atoms with van der Waals surface area (Å²) in [6.07, 6.45) is 0.672. The van der Waals surface area contributed by atoms with Gasteiger partial charge in [-0.25, -0.2) is 9.97 Å². The molecule has 0 atom stereocenters. The van der Waals surface area contributed by atoms with Gasteiger partial charge in [0.25, 0.3) is 0 Å². The minimum atomic E-state index is -4.37. The van der Waals surface area contributed by atoms with Crippen molar-refractivity contribution >= 4 is 11.5 Å². The van der Waals surface area contributed by atoms with Crippen molar-refractivity contribution in [3.05, 3.63) is 66.6 Å². The van der Waals surface area contributed by atoms with Crippen LogP contribution in [-0.2, 0) is 6.18 Å². The molecule has 138 valence electrons. The van der Waals surface area contributed by atoms with Gasteiger partial charge in [-0.2, -0.15) is 13.2 Å². The lowest BCUT2D eigenvalue weighted by Gasteiger charge is -2.08. The summed E-state index contributed by atoms with van der Waals surface area (Å²) < 4.78 is 38.5. The maximum absolute atomic E-state index is 12.8. The topological polar surface area (TPSA) is 66.5 Å². The van der Waals surface area contributed by atoms with Gasteiger partial charge in [-0.05, 0) is 30.3 Å². The smallest absolute Gasteiger partial charge is 0.338 e. The third kappa shape index (κ3) is 2.61. The number of nitrogens with zero attached hydrogens (tertiary/aromatic N) is 3. The SMILES string of the molecule is FC(F)(F)c1ccc(-c2nc3c([nH]2)-c2ccncc2Nc2ncccc2-3)cc1. The van der Waals surface area contributed by atoms with Crippen molar-refractivity contribution in [2.24, 2.45) is 0 Å². The lowest BCUT2D eigenvalue weighted by molar-refractivity contribution is -0.137. The summed E-state index contributed by atoms with van der Waals surface area (Å²) in [7, 11) is 0. The van der Waals surface area contributed by atoms with E-state index in [0.29, 0.717) is 22.9 Å².